The molecule has 1 aliphatic carbocycles. The van der Waals surface area contributed by atoms with Crippen LogP contribution in [0.5, 0.6) is 5.75 Å². The summed E-state index contributed by atoms with van der Waals surface area (Å²) in [4.78, 5) is 0.0645. The molecule has 0 amide bonds. The summed E-state index contributed by atoms with van der Waals surface area (Å²) >= 11 is 5.87. The van der Waals surface area contributed by atoms with E-state index < -0.39 is 22.2 Å². The molecule has 0 bridgehead atoms. The van der Waals surface area contributed by atoms with E-state index in [0.717, 1.165) is 12.8 Å². The number of halogens is 1. The monoisotopic (exact) mass is 333 g/mol. The summed E-state index contributed by atoms with van der Waals surface area (Å²) < 4.78 is 31.9. The average Bonchev–Trinajstić information content (AvgIpc) is 2.46. The van der Waals surface area contributed by atoms with Gasteiger partial charge in [-0.15, -0.1) is 0 Å². The lowest BCUT2D eigenvalue weighted by atomic mass is 9.93. The van der Waals surface area contributed by atoms with E-state index in [4.69, 9.17) is 16.3 Å². The Hall–Kier alpha value is -0.820. The summed E-state index contributed by atoms with van der Waals surface area (Å²) in [6.45, 7) is 0. The molecule has 0 aliphatic heterocycles. The number of aliphatic hydroxyl groups excluding tert-OH is 1. The third-order valence-electron chi connectivity index (χ3n) is 3.94. The predicted molar refractivity (Wildman–Crippen MR) is 81.2 cm³/mol. The summed E-state index contributed by atoms with van der Waals surface area (Å²) in [7, 11) is -0.836. The predicted octanol–water partition coefficient (Wildman–Crippen LogP) is 2.27. The van der Waals surface area contributed by atoms with Gasteiger partial charge in [0, 0.05) is 18.1 Å². The highest BCUT2D eigenvalue weighted by atomic mass is 35.5. The maximum atomic E-state index is 12.8. The van der Waals surface area contributed by atoms with Crippen molar-refractivity contribution in [3.8, 4) is 5.75 Å². The van der Waals surface area contributed by atoms with Gasteiger partial charge in [-0.1, -0.05) is 24.4 Å². The van der Waals surface area contributed by atoms with Crippen molar-refractivity contribution < 1.29 is 18.3 Å². The van der Waals surface area contributed by atoms with Gasteiger partial charge in [-0.3, -0.25) is 0 Å². The van der Waals surface area contributed by atoms with E-state index in [-0.39, 0.29) is 10.6 Å². The molecule has 0 radical (unpaired) electrons. The SMILES string of the molecule is COc1cc(Cl)ccc1S(=O)(=O)N(C)C1CCCCC1O. The van der Waals surface area contributed by atoms with Crippen LogP contribution in [-0.4, -0.2) is 44.1 Å². The van der Waals surface area contributed by atoms with E-state index in [0.29, 0.717) is 17.9 Å². The lowest BCUT2D eigenvalue weighted by molar-refractivity contribution is 0.0637. The number of nitrogens with zero attached hydrogens (tertiary/aromatic N) is 1. The van der Waals surface area contributed by atoms with Crippen LogP contribution in [0.2, 0.25) is 5.02 Å². The van der Waals surface area contributed by atoms with Gasteiger partial charge < -0.3 is 9.84 Å². The normalized spacial score (nSPS) is 23.3. The highest BCUT2D eigenvalue weighted by Gasteiger charge is 2.35. The van der Waals surface area contributed by atoms with Gasteiger partial charge in [0.2, 0.25) is 10.0 Å². The number of aliphatic hydroxyl groups is 1. The van der Waals surface area contributed by atoms with Crippen LogP contribution in [0, 0.1) is 0 Å². The maximum Gasteiger partial charge on any atom is 0.246 e. The van der Waals surface area contributed by atoms with E-state index >= 15 is 0 Å². The number of benzene rings is 1. The second-order valence-corrected chi connectivity index (χ2v) is 7.64. The molecule has 0 saturated heterocycles. The average molecular weight is 334 g/mol. The first kappa shape index (κ1) is 16.5. The van der Waals surface area contributed by atoms with E-state index in [9.17, 15) is 13.5 Å². The second-order valence-electron chi connectivity index (χ2n) is 5.24. The van der Waals surface area contributed by atoms with Gasteiger partial charge in [-0.05, 0) is 25.0 Å². The lowest BCUT2D eigenvalue weighted by Crippen LogP contribution is -2.46. The molecule has 2 atom stereocenters. The first-order chi connectivity index (χ1) is 9.87. The largest absolute Gasteiger partial charge is 0.495 e. The van der Waals surface area contributed by atoms with Crippen LogP contribution in [0.3, 0.4) is 0 Å². The Kier molecular flexibility index (Phi) is 5.14. The molecular formula is C14H20ClNO4S. The molecule has 5 nitrogen and oxygen atoms in total. The van der Waals surface area contributed by atoms with Crippen molar-refractivity contribution in [3.63, 3.8) is 0 Å². The Bertz CT molecular complexity index is 605. The quantitative estimate of drug-likeness (QED) is 0.918. The van der Waals surface area contributed by atoms with Gasteiger partial charge >= 0.3 is 0 Å². The molecule has 0 spiro atoms. The van der Waals surface area contributed by atoms with Crippen LogP contribution in [0.25, 0.3) is 0 Å². The van der Waals surface area contributed by atoms with Crippen molar-refractivity contribution in [2.45, 2.75) is 42.7 Å². The highest BCUT2D eigenvalue weighted by molar-refractivity contribution is 7.89. The van der Waals surface area contributed by atoms with E-state index in [1.54, 1.807) is 0 Å². The molecular weight excluding hydrogens is 314 g/mol. The minimum atomic E-state index is -3.74. The summed E-state index contributed by atoms with van der Waals surface area (Å²) in [5.41, 5.74) is 0. The topological polar surface area (TPSA) is 66.8 Å². The van der Waals surface area contributed by atoms with Gasteiger partial charge in [0.1, 0.15) is 10.6 Å². The van der Waals surface area contributed by atoms with Crippen LogP contribution in [-0.2, 0) is 10.0 Å². The molecule has 1 aromatic carbocycles. The van der Waals surface area contributed by atoms with E-state index in [2.05, 4.69) is 0 Å². The Morgan fingerprint density at radius 1 is 1.33 bits per heavy atom. The first-order valence-electron chi connectivity index (χ1n) is 6.87. The van der Waals surface area contributed by atoms with Crippen molar-refractivity contribution >= 4 is 21.6 Å². The summed E-state index contributed by atoms with van der Waals surface area (Å²) in [5.74, 6) is 0.208. The Balaban J connectivity index is 2.37. The molecule has 7 heteroatoms. The molecule has 0 aromatic heterocycles. The number of ether oxygens (including phenoxy) is 1. The summed E-state index contributed by atoms with van der Waals surface area (Å²) in [6.07, 6.45) is 2.50. The number of sulfonamides is 1. The molecule has 118 valence electrons. The third-order valence-corrected chi connectivity index (χ3v) is 6.10. The first-order valence-corrected chi connectivity index (χ1v) is 8.69. The van der Waals surface area contributed by atoms with E-state index in [1.165, 1.54) is 36.7 Å². The third kappa shape index (κ3) is 3.34. The minimum Gasteiger partial charge on any atom is -0.495 e. The van der Waals surface area contributed by atoms with Crippen molar-refractivity contribution in [3.05, 3.63) is 23.2 Å². The number of hydrogen-bond donors (Lipinski definition) is 1. The van der Waals surface area contributed by atoms with Crippen molar-refractivity contribution in [2.24, 2.45) is 0 Å². The zero-order chi connectivity index (χ0) is 15.6. The van der Waals surface area contributed by atoms with Crippen LogP contribution in [0.15, 0.2) is 23.1 Å². The lowest BCUT2D eigenvalue weighted by Gasteiger charge is -2.34. The van der Waals surface area contributed by atoms with Gasteiger partial charge in [-0.2, -0.15) is 4.31 Å². The van der Waals surface area contributed by atoms with Crippen molar-refractivity contribution in [1.82, 2.24) is 4.31 Å². The fourth-order valence-corrected chi connectivity index (χ4v) is 4.42. The van der Waals surface area contributed by atoms with Crippen LogP contribution >= 0.6 is 11.6 Å². The fourth-order valence-electron chi connectivity index (χ4n) is 2.70. The fraction of sp³-hybridized carbons (Fsp3) is 0.571. The molecule has 1 aromatic rings. The number of likely N-dealkylation sites (N-methyl/N-ethyl adjacent to an activating group) is 1. The minimum absolute atomic E-state index is 0.0645. The Morgan fingerprint density at radius 3 is 2.62 bits per heavy atom. The van der Waals surface area contributed by atoms with Gasteiger partial charge in [-0.25, -0.2) is 8.42 Å². The van der Waals surface area contributed by atoms with Crippen molar-refractivity contribution in [2.75, 3.05) is 14.2 Å². The maximum absolute atomic E-state index is 12.8. The Morgan fingerprint density at radius 2 is 2.00 bits per heavy atom. The molecule has 1 saturated carbocycles. The van der Waals surface area contributed by atoms with Crippen molar-refractivity contribution in [1.29, 1.82) is 0 Å². The van der Waals surface area contributed by atoms with Gasteiger partial charge in [0.05, 0.1) is 19.3 Å². The summed E-state index contributed by atoms with van der Waals surface area (Å²) in [5, 5.41) is 10.5. The number of rotatable bonds is 4. The van der Waals surface area contributed by atoms with Crippen LogP contribution < -0.4 is 4.74 Å². The molecule has 1 aliphatic rings. The molecule has 1 N–H and O–H groups in total. The molecule has 0 heterocycles. The standard InChI is InChI=1S/C14H20ClNO4S/c1-16(11-5-3-4-6-12(11)17)21(18,19)14-8-7-10(15)9-13(14)20-2/h7-9,11-12,17H,3-6H2,1-2H3. The second kappa shape index (κ2) is 6.52. The summed E-state index contributed by atoms with van der Waals surface area (Å²) in [6, 6.07) is 4.02. The molecule has 2 rings (SSSR count). The van der Waals surface area contributed by atoms with Gasteiger partial charge in [0.15, 0.2) is 0 Å². The van der Waals surface area contributed by atoms with Crippen LogP contribution in [0.1, 0.15) is 25.7 Å². The smallest absolute Gasteiger partial charge is 0.246 e. The molecule has 1 fully saturated rings. The zero-order valence-corrected chi connectivity index (χ0v) is 13.7. The number of methoxy groups -OCH3 is 1. The highest BCUT2D eigenvalue weighted by Crippen LogP contribution is 2.32. The molecule has 2 unspecified atom stereocenters. The zero-order valence-electron chi connectivity index (χ0n) is 12.1. The molecule has 21 heavy (non-hydrogen) atoms. The van der Waals surface area contributed by atoms with Crippen LogP contribution in [0.4, 0.5) is 0 Å². The number of hydrogen-bond acceptors (Lipinski definition) is 4. The van der Waals surface area contributed by atoms with Gasteiger partial charge in [0.25, 0.3) is 0 Å². The Labute approximate surface area is 130 Å². The van der Waals surface area contributed by atoms with E-state index in [1.807, 2.05) is 0 Å².